The first-order chi connectivity index (χ1) is 9.72. The van der Waals surface area contributed by atoms with Crippen molar-refractivity contribution < 1.29 is 14.6 Å². The van der Waals surface area contributed by atoms with E-state index in [-0.39, 0.29) is 0 Å². The maximum Gasteiger partial charge on any atom is 0.240 e. The van der Waals surface area contributed by atoms with Gasteiger partial charge in [-0.25, -0.2) is 0 Å². The standard InChI is InChI=1S/C14H17N3O3/c1-19-12-8-13(20-2)16-14(15-12)17-7-6-9-10(17)4-3-5-11(9)18/h6-8,11,18H,3-5H2,1-2H3. The lowest BCUT2D eigenvalue weighted by molar-refractivity contribution is 0.156. The first-order valence-electron chi connectivity index (χ1n) is 6.58. The lowest BCUT2D eigenvalue weighted by atomic mass is 9.95. The number of rotatable bonds is 3. The van der Waals surface area contributed by atoms with Gasteiger partial charge in [0.1, 0.15) is 0 Å². The molecule has 2 aromatic rings. The second-order valence-electron chi connectivity index (χ2n) is 4.75. The summed E-state index contributed by atoms with van der Waals surface area (Å²) in [6, 6.07) is 3.56. The zero-order chi connectivity index (χ0) is 14.1. The largest absolute Gasteiger partial charge is 0.481 e. The Labute approximate surface area is 117 Å². The van der Waals surface area contributed by atoms with Crippen molar-refractivity contribution >= 4 is 0 Å². The molecule has 0 amide bonds. The average molecular weight is 275 g/mol. The molecule has 1 aliphatic rings. The van der Waals surface area contributed by atoms with Crippen molar-refractivity contribution in [2.75, 3.05) is 14.2 Å². The molecular weight excluding hydrogens is 258 g/mol. The summed E-state index contributed by atoms with van der Waals surface area (Å²) in [5, 5.41) is 10.0. The minimum absolute atomic E-state index is 0.396. The van der Waals surface area contributed by atoms with Gasteiger partial charge in [-0.3, -0.25) is 4.57 Å². The van der Waals surface area contributed by atoms with Crippen LogP contribution in [0.15, 0.2) is 18.3 Å². The number of aliphatic hydroxyl groups excluding tert-OH is 1. The number of hydrogen-bond acceptors (Lipinski definition) is 5. The van der Waals surface area contributed by atoms with Gasteiger partial charge in [-0.05, 0) is 25.3 Å². The molecule has 1 unspecified atom stereocenters. The molecule has 0 saturated heterocycles. The molecule has 2 heterocycles. The van der Waals surface area contributed by atoms with Gasteiger partial charge in [0.25, 0.3) is 0 Å². The monoisotopic (exact) mass is 275 g/mol. The van der Waals surface area contributed by atoms with E-state index in [4.69, 9.17) is 9.47 Å². The third-order valence-electron chi connectivity index (χ3n) is 3.58. The van der Waals surface area contributed by atoms with Gasteiger partial charge in [0.15, 0.2) is 0 Å². The van der Waals surface area contributed by atoms with Crippen molar-refractivity contribution in [3.63, 3.8) is 0 Å². The maximum absolute atomic E-state index is 10.0. The Kier molecular flexibility index (Phi) is 3.31. The smallest absolute Gasteiger partial charge is 0.240 e. The van der Waals surface area contributed by atoms with Crippen LogP contribution in [0.1, 0.15) is 30.2 Å². The van der Waals surface area contributed by atoms with E-state index in [9.17, 15) is 5.11 Å². The number of fused-ring (bicyclic) bond motifs is 1. The van der Waals surface area contributed by atoms with E-state index in [1.807, 2.05) is 16.8 Å². The summed E-state index contributed by atoms with van der Waals surface area (Å²) in [4.78, 5) is 8.69. The molecule has 2 aromatic heterocycles. The fraction of sp³-hybridized carbons (Fsp3) is 0.429. The Morgan fingerprint density at radius 1 is 1.25 bits per heavy atom. The highest BCUT2D eigenvalue weighted by Crippen LogP contribution is 2.31. The molecule has 0 spiro atoms. The predicted octanol–water partition coefficient (Wildman–Crippen LogP) is 1.65. The molecule has 0 aliphatic heterocycles. The SMILES string of the molecule is COc1cc(OC)nc(-n2ccc3c2CCCC3O)n1. The Bertz CT molecular complexity index is 602. The van der Waals surface area contributed by atoms with Gasteiger partial charge in [-0.15, -0.1) is 0 Å². The van der Waals surface area contributed by atoms with Crippen molar-refractivity contribution in [2.24, 2.45) is 0 Å². The van der Waals surface area contributed by atoms with Crippen molar-refractivity contribution in [3.05, 3.63) is 29.6 Å². The van der Waals surface area contributed by atoms with Crippen LogP contribution in [-0.4, -0.2) is 33.9 Å². The van der Waals surface area contributed by atoms with Crippen molar-refractivity contribution in [1.29, 1.82) is 0 Å². The van der Waals surface area contributed by atoms with Gasteiger partial charge in [-0.2, -0.15) is 9.97 Å². The van der Waals surface area contributed by atoms with Crippen LogP contribution in [0, 0.1) is 0 Å². The summed E-state index contributed by atoms with van der Waals surface area (Å²) in [6.07, 6.45) is 4.15. The summed E-state index contributed by atoms with van der Waals surface area (Å²) in [5.74, 6) is 1.40. The maximum atomic E-state index is 10.0. The highest BCUT2D eigenvalue weighted by molar-refractivity contribution is 5.35. The molecule has 106 valence electrons. The zero-order valence-electron chi connectivity index (χ0n) is 11.5. The van der Waals surface area contributed by atoms with Gasteiger partial charge < -0.3 is 14.6 Å². The average Bonchev–Trinajstić information content (AvgIpc) is 2.92. The van der Waals surface area contributed by atoms with Gasteiger partial charge >= 0.3 is 0 Å². The fourth-order valence-corrected chi connectivity index (χ4v) is 2.56. The minimum atomic E-state index is -0.396. The van der Waals surface area contributed by atoms with Crippen LogP contribution in [0.4, 0.5) is 0 Å². The summed E-state index contributed by atoms with van der Waals surface area (Å²) in [5.41, 5.74) is 2.01. The summed E-state index contributed by atoms with van der Waals surface area (Å²) in [6.45, 7) is 0. The van der Waals surface area contributed by atoms with E-state index in [0.717, 1.165) is 30.5 Å². The molecule has 6 heteroatoms. The van der Waals surface area contributed by atoms with Gasteiger partial charge in [0.2, 0.25) is 17.7 Å². The molecule has 1 N–H and O–H groups in total. The third-order valence-corrected chi connectivity index (χ3v) is 3.58. The summed E-state index contributed by atoms with van der Waals surface area (Å²) in [7, 11) is 3.11. The summed E-state index contributed by atoms with van der Waals surface area (Å²) < 4.78 is 12.2. The van der Waals surface area contributed by atoms with Crippen LogP contribution in [0.5, 0.6) is 11.8 Å². The van der Waals surface area contributed by atoms with Gasteiger partial charge in [0.05, 0.1) is 26.4 Å². The van der Waals surface area contributed by atoms with E-state index in [2.05, 4.69) is 9.97 Å². The molecule has 0 aromatic carbocycles. The highest BCUT2D eigenvalue weighted by atomic mass is 16.5. The molecule has 1 atom stereocenters. The molecule has 20 heavy (non-hydrogen) atoms. The molecule has 0 bridgehead atoms. The Morgan fingerprint density at radius 3 is 2.60 bits per heavy atom. The van der Waals surface area contributed by atoms with Crippen LogP contribution in [0.25, 0.3) is 5.95 Å². The molecule has 0 saturated carbocycles. The lowest BCUT2D eigenvalue weighted by Crippen LogP contribution is -2.13. The molecule has 0 fully saturated rings. The third kappa shape index (κ3) is 2.12. The van der Waals surface area contributed by atoms with Crippen LogP contribution in [-0.2, 0) is 6.42 Å². The van der Waals surface area contributed by atoms with Crippen LogP contribution < -0.4 is 9.47 Å². The number of ether oxygens (including phenoxy) is 2. The second-order valence-corrected chi connectivity index (χ2v) is 4.75. The number of nitrogens with zero attached hydrogens (tertiary/aromatic N) is 3. The molecule has 6 nitrogen and oxygen atoms in total. The topological polar surface area (TPSA) is 69.4 Å². The Balaban J connectivity index is 2.09. The normalized spacial score (nSPS) is 17.6. The number of hydrogen-bond donors (Lipinski definition) is 1. The molecule has 0 radical (unpaired) electrons. The van der Waals surface area contributed by atoms with Crippen molar-refractivity contribution in [1.82, 2.24) is 14.5 Å². The van der Waals surface area contributed by atoms with E-state index in [1.165, 1.54) is 0 Å². The number of aromatic nitrogens is 3. The predicted molar refractivity (Wildman–Crippen MR) is 72.4 cm³/mol. The zero-order valence-corrected chi connectivity index (χ0v) is 11.5. The number of aliphatic hydroxyl groups is 1. The van der Waals surface area contributed by atoms with Crippen LogP contribution in [0.3, 0.4) is 0 Å². The number of methoxy groups -OCH3 is 2. The van der Waals surface area contributed by atoms with Gasteiger partial charge in [0, 0.05) is 17.5 Å². The highest BCUT2D eigenvalue weighted by Gasteiger charge is 2.23. The van der Waals surface area contributed by atoms with E-state index in [1.54, 1.807) is 20.3 Å². The molecule has 1 aliphatic carbocycles. The Hall–Kier alpha value is -2.08. The van der Waals surface area contributed by atoms with Crippen LogP contribution in [0.2, 0.25) is 0 Å². The fourth-order valence-electron chi connectivity index (χ4n) is 2.56. The van der Waals surface area contributed by atoms with E-state index in [0.29, 0.717) is 17.7 Å². The van der Waals surface area contributed by atoms with Crippen LogP contribution >= 0.6 is 0 Å². The second kappa shape index (κ2) is 5.13. The molecular formula is C14H17N3O3. The Morgan fingerprint density at radius 2 is 1.95 bits per heavy atom. The van der Waals surface area contributed by atoms with Crippen molar-refractivity contribution in [2.45, 2.75) is 25.4 Å². The van der Waals surface area contributed by atoms with Gasteiger partial charge in [-0.1, -0.05) is 0 Å². The summed E-state index contributed by atoms with van der Waals surface area (Å²) >= 11 is 0. The molecule has 3 rings (SSSR count). The van der Waals surface area contributed by atoms with E-state index >= 15 is 0 Å². The first kappa shape index (κ1) is 12.9. The lowest BCUT2D eigenvalue weighted by Gasteiger charge is -2.19. The minimum Gasteiger partial charge on any atom is -0.481 e. The quantitative estimate of drug-likeness (QED) is 0.922. The van der Waals surface area contributed by atoms with E-state index < -0.39 is 6.10 Å². The first-order valence-corrected chi connectivity index (χ1v) is 6.58. The van der Waals surface area contributed by atoms with Crippen molar-refractivity contribution in [3.8, 4) is 17.7 Å².